The van der Waals surface area contributed by atoms with E-state index in [1.807, 2.05) is 0 Å². The maximum absolute atomic E-state index is 5.94. The molecule has 0 amide bonds. The first kappa shape index (κ1) is 13.4. The van der Waals surface area contributed by atoms with Crippen LogP contribution in [0.2, 0.25) is 0 Å². The molecule has 0 aliphatic heterocycles. The smallest absolute Gasteiger partial charge is 0.123 e. The summed E-state index contributed by atoms with van der Waals surface area (Å²) < 4.78 is 5.94. The maximum Gasteiger partial charge on any atom is 0.123 e. The van der Waals surface area contributed by atoms with Crippen molar-refractivity contribution >= 4 is 0 Å². The first-order chi connectivity index (χ1) is 8.52. The number of hydrogen-bond acceptors (Lipinski definition) is 2. The van der Waals surface area contributed by atoms with Crippen molar-refractivity contribution in [1.29, 1.82) is 0 Å². The lowest BCUT2D eigenvalue weighted by Gasteiger charge is -2.23. The first-order valence-corrected chi connectivity index (χ1v) is 6.99. The average molecular weight is 247 g/mol. The summed E-state index contributed by atoms with van der Waals surface area (Å²) in [7, 11) is 0. The number of ether oxygens (including phenoxy) is 1. The summed E-state index contributed by atoms with van der Waals surface area (Å²) in [4.78, 5) is 0. The fourth-order valence-corrected chi connectivity index (χ4v) is 2.21. The zero-order valence-electron chi connectivity index (χ0n) is 11.8. The van der Waals surface area contributed by atoms with Crippen molar-refractivity contribution in [2.75, 3.05) is 13.2 Å². The molecule has 18 heavy (non-hydrogen) atoms. The van der Waals surface area contributed by atoms with Crippen LogP contribution >= 0.6 is 0 Å². The summed E-state index contributed by atoms with van der Waals surface area (Å²) in [5.41, 5.74) is 8.38. The normalized spacial score (nSPS) is 15.8. The van der Waals surface area contributed by atoms with Crippen molar-refractivity contribution in [3.8, 4) is 5.75 Å². The van der Waals surface area contributed by atoms with E-state index >= 15 is 0 Å². The van der Waals surface area contributed by atoms with E-state index in [9.17, 15) is 0 Å². The van der Waals surface area contributed by atoms with E-state index in [0.717, 1.165) is 18.1 Å². The Morgan fingerprint density at radius 1 is 1.28 bits per heavy atom. The standard InChI is InChI=1S/C16H25NO/c1-16(2,3)14-8-7-13(12-5-6-12)11-15(14)18-10-4-9-17/h7-8,11-12H,4-6,9-10,17H2,1-3H3. The highest BCUT2D eigenvalue weighted by Gasteiger charge is 2.26. The van der Waals surface area contributed by atoms with Crippen LogP contribution in [0.15, 0.2) is 18.2 Å². The van der Waals surface area contributed by atoms with Gasteiger partial charge in [-0.05, 0) is 54.3 Å². The molecule has 1 saturated carbocycles. The van der Waals surface area contributed by atoms with Crippen molar-refractivity contribution < 1.29 is 4.74 Å². The average Bonchev–Trinajstić information content (AvgIpc) is 3.11. The highest BCUT2D eigenvalue weighted by atomic mass is 16.5. The van der Waals surface area contributed by atoms with Gasteiger partial charge in [0.2, 0.25) is 0 Å². The molecule has 0 bridgehead atoms. The summed E-state index contributed by atoms with van der Waals surface area (Å²) in [6.45, 7) is 8.10. The predicted octanol–water partition coefficient (Wildman–Crippen LogP) is 3.59. The van der Waals surface area contributed by atoms with Crippen LogP contribution in [0, 0.1) is 0 Å². The Morgan fingerprint density at radius 3 is 2.56 bits per heavy atom. The van der Waals surface area contributed by atoms with Crippen molar-refractivity contribution in [2.45, 2.75) is 51.4 Å². The van der Waals surface area contributed by atoms with Gasteiger partial charge in [0, 0.05) is 0 Å². The van der Waals surface area contributed by atoms with Crippen LogP contribution in [0.3, 0.4) is 0 Å². The lowest BCUT2D eigenvalue weighted by Crippen LogP contribution is -2.15. The molecule has 1 aromatic carbocycles. The van der Waals surface area contributed by atoms with Gasteiger partial charge in [-0.15, -0.1) is 0 Å². The van der Waals surface area contributed by atoms with Gasteiger partial charge in [-0.2, -0.15) is 0 Å². The Balaban J connectivity index is 2.21. The van der Waals surface area contributed by atoms with Crippen molar-refractivity contribution in [3.63, 3.8) is 0 Å². The second kappa shape index (κ2) is 5.31. The molecule has 0 saturated heterocycles. The SMILES string of the molecule is CC(C)(C)c1ccc(C2CC2)cc1OCCCN. The molecule has 0 unspecified atom stereocenters. The van der Waals surface area contributed by atoms with E-state index in [-0.39, 0.29) is 5.41 Å². The first-order valence-electron chi connectivity index (χ1n) is 6.99. The Bertz CT molecular complexity index is 402. The molecule has 0 radical (unpaired) electrons. The molecule has 0 heterocycles. The fraction of sp³-hybridized carbons (Fsp3) is 0.625. The van der Waals surface area contributed by atoms with Crippen LogP contribution in [0.25, 0.3) is 0 Å². The maximum atomic E-state index is 5.94. The monoisotopic (exact) mass is 247 g/mol. The minimum absolute atomic E-state index is 0.125. The van der Waals surface area contributed by atoms with Gasteiger partial charge in [-0.3, -0.25) is 0 Å². The lowest BCUT2D eigenvalue weighted by molar-refractivity contribution is 0.304. The summed E-state index contributed by atoms with van der Waals surface area (Å²) in [6, 6.07) is 6.76. The van der Waals surface area contributed by atoms with Gasteiger partial charge >= 0.3 is 0 Å². The molecule has 2 rings (SSSR count). The number of benzene rings is 1. The van der Waals surface area contributed by atoms with Gasteiger partial charge in [0.25, 0.3) is 0 Å². The largest absolute Gasteiger partial charge is 0.493 e. The molecule has 2 nitrogen and oxygen atoms in total. The quantitative estimate of drug-likeness (QED) is 0.807. The Kier molecular flexibility index (Phi) is 3.96. The molecule has 2 heteroatoms. The predicted molar refractivity (Wildman–Crippen MR) is 76.3 cm³/mol. The number of hydrogen-bond donors (Lipinski definition) is 1. The molecule has 100 valence electrons. The minimum Gasteiger partial charge on any atom is -0.493 e. The Labute approximate surface area is 111 Å². The third-order valence-electron chi connectivity index (χ3n) is 3.47. The zero-order chi connectivity index (χ0) is 13.2. The summed E-state index contributed by atoms with van der Waals surface area (Å²) in [5.74, 6) is 1.83. The number of rotatable bonds is 5. The Morgan fingerprint density at radius 2 is 2.00 bits per heavy atom. The van der Waals surface area contributed by atoms with Crippen LogP contribution in [0.4, 0.5) is 0 Å². The fourth-order valence-electron chi connectivity index (χ4n) is 2.21. The number of nitrogens with two attached hydrogens (primary N) is 1. The van der Waals surface area contributed by atoms with E-state index in [4.69, 9.17) is 10.5 Å². The van der Waals surface area contributed by atoms with Crippen LogP contribution in [-0.2, 0) is 5.41 Å². The molecular formula is C16H25NO. The second-order valence-corrected chi connectivity index (χ2v) is 6.27. The summed E-state index contributed by atoms with van der Waals surface area (Å²) in [6.07, 6.45) is 3.57. The van der Waals surface area contributed by atoms with Crippen LogP contribution in [-0.4, -0.2) is 13.2 Å². The Hall–Kier alpha value is -1.02. The van der Waals surface area contributed by atoms with E-state index in [2.05, 4.69) is 39.0 Å². The van der Waals surface area contributed by atoms with Gasteiger partial charge in [0.05, 0.1) is 6.61 Å². The molecule has 0 aromatic heterocycles. The molecule has 1 aromatic rings. The van der Waals surface area contributed by atoms with Crippen molar-refractivity contribution in [1.82, 2.24) is 0 Å². The molecule has 2 N–H and O–H groups in total. The van der Waals surface area contributed by atoms with Gasteiger partial charge in [0.15, 0.2) is 0 Å². The lowest BCUT2D eigenvalue weighted by atomic mass is 9.85. The van der Waals surface area contributed by atoms with Gasteiger partial charge in [0.1, 0.15) is 5.75 Å². The molecule has 0 atom stereocenters. The third kappa shape index (κ3) is 3.26. The molecule has 1 aliphatic rings. The van der Waals surface area contributed by atoms with Crippen molar-refractivity contribution in [2.24, 2.45) is 5.73 Å². The third-order valence-corrected chi connectivity index (χ3v) is 3.47. The van der Waals surface area contributed by atoms with Crippen LogP contribution in [0.5, 0.6) is 5.75 Å². The summed E-state index contributed by atoms with van der Waals surface area (Å²) >= 11 is 0. The second-order valence-electron chi connectivity index (χ2n) is 6.27. The van der Waals surface area contributed by atoms with Gasteiger partial charge < -0.3 is 10.5 Å². The summed E-state index contributed by atoms with van der Waals surface area (Å²) in [5, 5.41) is 0. The zero-order valence-corrected chi connectivity index (χ0v) is 11.8. The van der Waals surface area contributed by atoms with Crippen LogP contribution in [0.1, 0.15) is 57.1 Å². The molecule has 1 fully saturated rings. The van der Waals surface area contributed by atoms with E-state index in [1.54, 1.807) is 0 Å². The van der Waals surface area contributed by atoms with Gasteiger partial charge in [-0.1, -0.05) is 32.9 Å². The highest BCUT2D eigenvalue weighted by Crippen LogP contribution is 2.43. The van der Waals surface area contributed by atoms with Gasteiger partial charge in [-0.25, -0.2) is 0 Å². The molecule has 1 aliphatic carbocycles. The van der Waals surface area contributed by atoms with Crippen molar-refractivity contribution in [3.05, 3.63) is 29.3 Å². The van der Waals surface area contributed by atoms with Crippen LogP contribution < -0.4 is 10.5 Å². The minimum atomic E-state index is 0.125. The molecule has 0 spiro atoms. The van der Waals surface area contributed by atoms with E-state index < -0.39 is 0 Å². The molecular weight excluding hydrogens is 222 g/mol. The van der Waals surface area contributed by atoms with E-state index in [1.165, 1.54) is 24.0 Å². The highest BCUT2D eigenvalue weighted by molar-refractivity contribution is 5.43. The van der Waals surface area contributed by atoms with E-state index in [0.29, 0.717) is 13.2 Å². The topological polar surface area (TPSA) is 35.2 Å².